The summed E-state index contributed by atoms with van der Waals surface area (Å²) in [6.07, 6.45) is 25.7. The smallest absolute Gasteiger partial charge is 0.462 e. The zero-order chi connectivity index (χ0) is 32.9. The largest absolute Gasteiger partial charge is 0.469 e. The number of phosphoric ester groups is 1. The van der Waals surface area contributed by atoms with E-state index in [1.165, 1.54) is 96.3 Å². The lowest BCUT2D eigenvalue weighted by Gasteiger charge is -2.18. The molecule has 2 N–H and O–H groups in total. The van der Waals surface area contributed by atoms with Gasteiger partial charge in [0.15, 0.2) is 6.10 Å². The lowest BCUT2D eigenvalue weighted by atomic mass is 10.0. The van der Waals surface area contributed by atoms with Crippen LogP contribution in [0.3, 0.4) is 0 Å². The summed E-state index contributed by atoms with van der Waals surface area (Å²) in [4.78, 5) is 42.5. The van der Waals surface area contributed by atoms with Gasteiger partial charge in [0.2, 0.25) is 0 Å². The molecule has 0 aromatic rings. The average molecular weight is 649 g/mol. The normalized spacial score (nSPS) is 12.6. The summed E-state index contributed by atoms with van der Waals surface area (Å²) in [5.41, 5.74) is 0. The predicted octanol–water partition coefficient (Wildman–Crippen LogP) is 10.2. The van der Waals surface area contributed by atoms with Crippen molar-refractivity contribution in [2.75, 3.05) is 13.2 Å². The van der Waals surface area contributed by atoms with Crippen LogP contribution in [-0.2, 0) is 28.2 Å². The lowest BCUT2D eigenvalue weighted by Crippen LogP contribution is -2.29. The van der Waals surface area contributed by atoms with Crippen molar-refractivity contribution in [2.45, 2.75) is 188 Å². The van der Waals surface area contributed by atoms with Crippen LogP contribution in [0.5, 0.6) is 0 Å². The van der Waals surface area contributed by atoms with Gasteiger partial charge in [-0.15, -0.1) is 0 Å². The Labute approximate surface area is 270 Å². The lowest BCUT2D eigenvalue weighted by molar-refractivity contribution is -0.161. The molecule has 0 aromatic carbocycles. The van der Waals surface area contributed by atoms with Crippen molar-refractivity contribution < 1.29 is 37.9 Å². The first-order valence-electron chi connectivity index (χ1n) is 18.0. The molecule has 0 spiro atoms. The summed E-state index contributed by atoms with van der Waals surface area (Å²) >= 11 is 0. The SMILES string of the molecule is CC(C)CCCCCCCCCCCCCCCCC(=O)OC[C@H](COP(=O)(O)O)OC(=O)CCCCCCCCC(C)C. The molecular weight excluding hydrogens is 579 g/mol. The molecule has 0 amide bonds. The second kappa shape index (κ2) is 29.5. The Morgan fingerprint density at radius 2 is 0.864 bits per heavy atom. The average Bonchev–Trinajstić information content (AvgIpc) is 2.94. The van der Waals surface area contributed by atoms with E-state index in [0.29, 0.717) is 6.42 Å². The summed E-state index contributed by atoms with van der Waals surface area (Å²) < 4.78 is 26.2. The second-order valence-electron chi connectivity index (χ2n) is 13.5. The van der Waals surface area contributed by atoms with Crippen LogP contribution in [0.15, 0.2) is 0 Å². The highest BCUT2D eigenvalue weighted by atomic mass is 31.2. The van der Waals surface area contributed by atoms with Crippen molar-refractivity contribution in [3.8, 4) is 0 Å². The van der Waals surface area contributed by atoms with Crippen molar-refractivity contribution >= 4 is 19.8 Å². The first-order valence-corrected chi connectivity index (χ1v) is 19.6. The van der Waals surface area contributed by atoms with Gasteiger partial charge < -0.3 is 19.3 Å². The van der Waals surface area contributed by atoms with E-state index in [2.05, 4.69) is 32.2 Å². The summed E-state index contributed by atoms with van der Waals surface area (Å²) in [6.45, 7) is 8.25. The van der Waals surface area contributed by atoms with Crippen LogP contribution in [0.2, 0.25) is 0 Å². The fraction of sp³-hybridized carbons (Fsp3) is 0.943. The minimum absolute atomic E-state index is 0.213. The zero-order valence-electron chi connectivity index (χ0n) is 28.9. The fourth-order valence-electron chi connectivity index (χ4n) is 5.27. The van der Waals surface area contributed by atoms with Crippen molar-refractivity contribution in [3.05, 3.63) is 0 Å². The maximum absolute atomic E-state index is 12.3. The molecule has 0 fully saturated rings. The van der Waals surface area contributed by atoms with E-state index in [1.807, 2.05) is 0 Å². The number of ether oxygens (including phenoxy) is 2. The predicted molar refractivity (Wildman–Crippen MR) is 179 cm³/mol. The van der Waals surface area contributed by atoms with Crippen LogP contribution in [0.25, 0.3) is 0 Å². The topological polar surface area (TPSA) is 119 Å². The van der Waals surface area contributed by atoms with Crippen molar-refractivity contribution in [1.29, 1.82) is 0 Å². The van der Waals surface area contributed by atoms with E-state index >= 15 is 0 Å². The van der Waals surface area contributed by atoms with Gasteiger partial charge in [-0.2, -0.15) is 0 Å². The molecule has 0 heterocycles. The molecule has 0 aromatic heterocycles. The third-order valence-electron chi connectivity index (χ3n) is 7.98. The Bertz CT molecular complexity index is 722. The van der Waals surface area contributed by atoms with E-state index in [1.54, 1.807) is 0 Å². The van der Waals surface area contributed by atoms with Gasteiger partial charge in [-0.05, 0) is 24.7 Å². The quantitative estimate of drug-likeness (QED) is 0.0420. The van der Waals surface area contributed by atoms with Gasteiger partial charge in [0, 0.05) is 12.8 Å². The molecular formula is C35H69O8P. The van der Waals surface area contributed by atoms with Gasteiger partial charge in [-0.25, -0.2) is 4.57 Å². The summed E-state index contributed by atoms with van der Waals surface area (Å²) in [5.74, 6) is 0.683. The fourth-order valence-corrected chi connectivity index (χ4v) is 5.63. The van der Waals surface area contributed by atoms with Crippen molar-refractivity contribution in [2.24, 2.45) is 11.8 Å². The van der Waals surface area contributed by atoms with Crippen LogP contribution in [-0.4, -0.2) is 41.0 Å². The second-order valence-corrected chi connectivity index (χ2v) is 14.8. The third-order valence-corrected chi connectivity index (χ3v) is 8.47. The minimum atomic E-state index is -4.74. The van der Waals surface area contributed by atoms with Gasteiger partial charge in [-0.1, -0.05) is 156 Å². The molecule has 0 saturated heterocycles. The molecule has 0 aliphatic heterocycles. The Morgan fingerprint density at radius 3 is 1.23 bits per heavy atom. The number of esters is 2. The highest BCUT2D eigenvalue weighted by Gasteiger charge is 2.22. The Kier molecular flexibility index (Phi) is 28.8. The van der Waals surface area contributed by atoms with E-state index in [0.717, 1.165) is 50.4 Å². The standard InChI is InChI=1S/C35H69O8P/c1-31(2)25-21-17-13-11-9-7-5-6-8-10-12-14-19-23-27-34(36)41-29-33(30-42-44(38,39)40)43-35(37)28-24-20-16-15-18-22-26-32(3)4/h31-33H,5-30H2,1-4H3,(H2,38,39,40)/t33-/m1/s1. The third kappa shape index (κ3) is 33.9. The molecule has 0 radical (unpaired) electrons. The minimum Gasteiger partial charge on any atom is -0.462 e. The summed E-state index contributed by atoms with van der Waals surface area (Å²) in [7, 11) is -4.74. The van der Waals surface area contributed by atoms with Crippen LogP contribution in [0.4, 0.5) is 0 Å². The molecule has 0 saturated carbocycles. The zero-order valence-corrected chi connectivity index (χ0v) is 29.8. The van der Waals surface area contributed by atoms with E-state index in [4.69, 9.17) is 19.3 Å². The van der Waals surface area contributed by atoms with Crippen molar-refractivity contribution in [3.63, 3.8) is 0 Å². The Balaban J connectivity index is 3.89. The van der Waals surface area contributed by atoms with Gasteiger partial charge >= 0.3 is 19.8 Å². The van der Waals surface area contributed by atoms with Gasteiger partial charge in [0.25, 0.3) is 0 Å². The van der Waals surface area contributed by atoms with Crippen molar-refractivity contribution in [1.82, 2.24) is 0 Å². The summed E-state index contributed by atoms with van der Waals surface area (Å²) in [6, 6.07) is 0. The number of unbranched alkanes of at least 4 members (excludes halogenated alkanes) is 18. The highest BCUT2D eigenvalue weighted by Crippen LogP contribution is 2.36. The number of phosphoric acid groups is 1. The summed E-state index contributed by atoms with van der Waals surface area (Å²) in [5, 5.41) is 0. The maximum atomic E-state index is 12.3. The number of carbonyl (C=O) groups is 2. The van der Waals surface area contributed by atoms with Gasteiger partial charge in [-0.3, -0.25) is 14.1 Å². The van der Waals surface area contributed by atoms with Crippen LogP contribution < -0.4 is 0 Å². The molecule has 0 aliphatic rings. The van der Waals surface area contributed by atoms with Crippen LogP contribution >= 0.6 is 7.82 Å². The molecule has 262 valence electrons. The molecule has 9 heteroatoms. The number of rotatable bonds is 32. The Hall–Kier alpha value is -0.950. The molecule has 1 atom stereocenters. The maximum Gasteiger partial charge on any atom is 0.469 e. The number of hydrogen-bond acceptors (Lipinski definition) is 6. The van der Waals surface area contributed by atoms with E-state index in [-0.39, 0.29) is 19.4 Å². The molecule has 0 aliphatic carbocycles. The number of carbonyl (C=O) groups excluding carboxylic acids is 2. The first-order chi connectivity index (χ1) is 21.0. The monoisotopic (exact) mass is 648 g/mol. The van der Waals surface area contributed by atoms with Crippen LogP contribution in [0, 0.1) is 11.8 Å². The molecule has 8 nitrogen and oxygen atoms in total. The molecule has 0 unspecified atom stereocenters. The van der Waals surface area contributed by atoms with Gasteiger partial charge in [0.1, 0.15) is 6.61 Å². The molecule has 0 bridgehead atoms. The first kappa shape index (κ1) is 43.0. The highest BCUT2D eigenvalue weighted by molar-refractivity contribution is 7.46. The van der Waals surface area contributed by atoms with E-state index in [9.17, 15) is 14.2 Å². The van der Waals surface area contributed by atoms with Gasteiger partial charge in [0.05, 0.1) is 6.61 Å². The number of hydrogen-bond donors (Lipinski definition) is 2. The molecule has 44 heavy (non-hydrogen) atoms. The van der Waals surface area contributed by atoms with E-state index < -0.39 is 32.5 Å². The Morgan fingerprint density at radius 1 is 0.523 bits per heavy atom. The molecule has 0 rings (SSSR count). The van der Waals surface area contributed by atoms with Crippen LogP contribution in [0.1, 0.15) is 182 Å².